The first-order valence-corrected chi connectivity index (χ1v) is 10.3. The molecule has 0 saturated heterocycles. The largest absolute Gasteiger partial charge is 0.490 e. The van der Waals surface area contributed by atoms with Crippen LogP contribution in [0.4, 0.5) is 49.5 Å². The fourth-order valence-corrected chi connectivity index (χ4v) is 2.77. The Morgan fingerprint density at radius 2 is 1.55 bits per heavy atom. The van der Waals surface area contributed by atoms with Crippen LogP contribution < -0.4 is 10.6 Å². The number of carboxylic acids is 1. The number of hydrogen-bond donors (Lipinski definition) is 3. The summed E-state index contributed by atoms with van der Waals surface area (Å²) < 4.78 is 72.1. The van der Waals surface area contributed by atoms with Crippen molar-refractivity contribution in [2.24, 2.45) is 0 Å². The second kappa shape index (κ2) is 11.4. The fourth-order valence-electron chi connectivity index (χ4n) is 2.77. The quantitative estimate of drug-likeness (QED) is 0.292. The van der Waals surface area contributed by atoms with E-state index in [1.165, 1.54) is 18.6 Å². The van der Waals surface area contributed by atoms with Gasteiger partial charge >= 0.3 is 18.3 Å². The minimum atomic E-state index is -5.08. The second-order valence-electron chi connectivity index (χ2n) is 7.19. The van der Waals surface area contributed by atoms with Crippen molar-refractivity contribution >= 4 is 29.1 Å². The SMILES string of the molecule is Cc1nc(Nc2cc(Nc3ccccn3)c(C(F)(F)F)cn2)cc(-c2cncnc2)n1.O=C(O)C(F)(F)F. The van der Waals surface area contributed by atoms with Gasteiger partial charge in [0.25, 0.3) is 0 Å². The molecule has 0 bridgehead atoms. The Hall–Kier alpha value is -4.89. The van der Waals surface area contributed by atoms with Gasteiger partial charge in [-0.1, -0.05) is 6.07 Å². The van der Waals surface area contributed by atoms with E-state index in [0.717, 1.165) is 6.20 Å². The summed E-state index contributed by atoms with van der Waals surface area (Å²) in [6.45, 7) is 1.70. The van der Waals surface area contributed by atoms with E-state index in [-0.39, 0.29) is 17.3 Å². The predicted octanol–water partition coefficient (Wildman–Crippen LogP) is 5.17. The number of alkyl halides is 6. The van der Waals surface area contributed by atoms with Gasteiger partial charge in [0.15, 0.2) is 0 Å². The van der Waals surface area contributed by atoms with Gasteiger partial charge in [-0.25, -0.2) is 34.7 Å². The van der Waals surface area contributed by atoms with Crippen LogP contribution in [0.2, 0.25) is 0 Å². The van der Waals surface area contributed by atoms with Crippen molar-refractivity contribution in [3.8, 4) is 11.3 Å². The third kappa shape index (κ3) is 7.81. The number of hydrogen-bond acceptors (Lipinski definition) is 9. The molecule has 3 N–H and O–H groups in total. The van der Waals surface area contributed by atoms with Crippen molar-refractivity contribution in [2.45, 2.75) is 19.3 Å². The Labute approximate surface area is 209 Å². The van der Waals surface area contributed by atoms with Crippen molar-refractivity contribution in [1.82, 2.24) is 29.9 Å². The number of aryl methyl sites for hydroxylation is 1. The molecule has 16 heteroatoms. The van der Waals surface area contributed by atoms with Crippen LogP contribution in [0.1, 0.15) is 11.4 Å². The zero-order valence-corrected chi connectivity index (χ0v) is 19.1. The second-order valence-corrected chi connectivity index (χ2v) is 7.19. The number of rotatable bonds is 5. The molecule has 4 heterocycles. The summed E-state index contributed by atoms with van der Waals surface area (Å²) in [5.41, 5.74) is 0.138. The van der Waals surface area contributed by atoms with E-state index < -0.39 is 23.9 Å². The lowest BCUT2D eigenvalue weighted by atomic mass is 10.2. The first-order chi connectivity index (χ1) is 17.8. The number of nitrogens with one attached hydrogen (secondary N) is 2. The number of aromatic nitrogens is 6. The van der Waals surface area contributed by atoms with Gasteiger partial charge in [-0.15, -0.1) is 0 Å². The van der Waals surface area contributed by atoms with Crippen LogP contribution in [0.15, 0.2) is 61.4 Å². The van der Waals surface area contributed by atoms with E-state index in [2.05, 4.69) is 40.5 Å². The topological polar surface area (TPSA) is 139 Å². The first-order valence-electron chi connectivity index (χ1n) is 10.3. The molecule has 4 aromatic heterocycles. The third-order valence-corrected chi connectivity index (χ3v) is 4.33. The van der Waals surface area contributed by atoms with Gasteiger partial charge < -0.3 is 15.7 Å². The Morgan fingerprint density at radius 3 is 2.13 bits per heavy atom. The molecule has 0 aliphatic heterocycles. The normalized spacial score (nSPS) is 11.2. The molecule has 0 atom stereocenters. The monoisotopic (exact) mass is 538 g/mol. The average Bonchev–Trinajstić information content (AvgIpc) is 2.84. The molecule has 0 spiro atoms. The van der Waals surface area contributed by atoms with E-state index in [0.29, 0.717) is 22.9 Å². The van der Waals surface area contributed by atoms with E-state index in [1.807, 2.05) is 0 Å². The van der Waals surface area contributed by atoms with Gasteiger partial charge in [0, 0.05) is 42.5 Å². The van der Waals surface area contributed by atoms with Crippen LogP contribution in [-0.4, -0.2) is 47.2 Å². The number of nitrogens with zero attached hydrogens (tertiary/aromatic N) is 6. The number of carboxylic acid groups (broad SMARTS) is 1. The van der Waals surface area contributed by atoms with Crippen LogP contribution in [0.5, 0.6) is 0 Å². The summed E-state index contributed by atoms with van der Waals surface area (Å²) in [6.07, 6.45) is -2.83. The Morgan fingerprint density at radius 1 is 0.868 bits per heavy atom. The minimum absolute atomic E-state index is 0.166. The van der Waals surface area contributed by atoms with Gasteiger partial charge in [-0.2, -0.15) is 26.3 Å². The molecule has 0 fully saturated rings. The van der Waals surface area contributed by atoms with Crippen LogP contribution >= 0.6 is 0 Å². The van der Waals surface area contributed by atoms with Gasteiger partial charge in [0.1, 0.15) is 29.6 Å². The lowest BCUT2D eigenvalue weighted by Crippen LogP contribution is -2.21. The molecule has 0 radical (unpaired) electrons. The summed E-state index contributed by atoms with van der Waals surface area (Å²) in [5, 5.41) is 12.7. The van der Waals surface area contributed by atoms with Crippen molar-refractivity contribution in [2.75, 3.05) is 10.6 Å². The van der Waals surface area contributed by atoms with Crippen molar-refractivity contribution in [3.05, 3.63) is 72.8 Å². The third-order valence-electron chi connectivity index (χ3n) is 4.33. The maximum atomic E-state index is 13.4. The smallest absolute Gasteiger partial charge is 0.475 e. The first kappa shape index (κ1) is 27.7. The van der Waals surface area contributed by atoms with Crippen molar-refractivity contribution in [3.63, 3.8) is 0 Å². The minimum Gasteiger partial charge on any atom is -0.475 e. The molecule has 0 saturated carbocycles. The maximum Gasteiger partial charge on any atom is 0.490 e. The molecule has 0 amide bonds. The summed E-state index contributed by atoms with van der Waals surface area (Å²) >= 11 is 0. The van der Waals surface area contributed by atoms with Gasteiger partial charge in [0.2, 0.25) is 0 Å². The molecule has 10 nitrogen and oxygen atoms in total. The van der Waals surface area contributed by atoms with E-state index in [9.17, 15) is 26.3 Å². The standard InChI is InChI=1S/C20H15F3N8.C2HF3O2/c1-12-28-15(13-8-24-11-25-9-13)6-19(29-12)31-18-7-16(14(10-27-18)20(21,22)23)30-17-4-2-3-5-26-17;3-2(4,5)1(6)7/h2-11H,1H3,(H2,26,27,28,29,30,31);(H,6,7). The highest BCUT2D eigenvalue weighted by Gasteiger charge is 2.38. The maximum absolute atomic E-state index is 13.4. The molecule has 4 aromatic rings. The molecule has 4 rings (SSSR count). The number of halogens is 6. The van der Waals surface area contributed by atoms with Crippen molar-refractivity contribution < 1.29 is 36.2 Å². The van der Waals surface area contributed by atoms with E-state index in [4.69, 9.17) is 9.90 Å². The van der Waals surface area contributed by atoms with Gasteiger partial charge in [-0.05, 0) is 19.1 Å². The zero-order valence-electron chi connectivity index (χ0n) is 19.1. The van der Waals surface area contributed by atoms with E-state index >= 15 is 0 Å². The molecule has 38 heavy (non-hydrogen) atoms. The van der Waals surface area contributed by atoms with Gasteiger partial charge in [-0.3, -0.25) is 0 Å². The van der Waals surface area contributed by atoms with Crippen LogP contribution in [0.25, 0.3) is 11.3 Å². The lowest BCUT2D eigenvalue weighted by Gasteiger charge is -2.15. The summed E-state index contributed by atoms with van der Waals surface area (Å²) in [4.78, 5) is 33.4. The summed E-state index contributed by atoms with van der Waals surface area (Å²) in [6, 6.07) is 7.79. The lowest BCUT2D eigenvalue weighted by molar-refractivity contribution is -0.192. The predicted molar refractivity (Wildman–Crippen MR) is 122 cm³/mol. The highest BCUT2D eigenvalue weighted by Crippen LogP contribution is 2.36. The number of carbonyl (C=O) groups is 1. The molecule has 0 aromatic carbocycles. The van der Waals surface area contributed by atoms with Gasteiger partial charge in [0.05, 0.1) is 16.9 Å². The Balaban J connectivity index is 0.000000505. The number of aliphatic carboxylic acids is 1. The molecule has 198 valence electrons. The fraction of sp³-hybridized carbons (Fsp3) is 0.136. The number of pyridine rings is 2. The molecular formula is C22H16F6N8O2. The van der Waals surface area contributed by atoms with Crippen LogP contribution in [-0.2, 0) is 11.0 Å². The Kier molecular flexibility index (Phi) is 8.34. The average molecular weight is 538 g/mol. The zero-order chi connectivity index (χ0) is 27.9. The molecule has 0 aliphatic carbocycles. The number of anilines is 4. The van der Waals surface area contributed by atoms with Crippen molar-refractivity contribution in [1.29, 1.82) is 0 Å². The molecular weight excluding hydrogens is 522 g/mol. The highest BCUT2D eigenvalue weighted by molar-refractivity contribution is 5.73. The highest BCUT2D eigenvalue weighted by atomic mass is 19.4. The van der Waals surface area contributed by atoms with E-state index in [1.54, 1.807) is 43.6 Å². The molecule has 0 aliphatic rings. The Bertz CT molecular complexity index is 1390. The van der Waals surface area contributed by atoms with Crippen LogP contribution in [0.3, 0.4) is 0 Å². The summed E-state index contributed by atoms with van der Waals surface area (Å²) in [7, 11) is 0. The molecule has 0 unspecified atom stereocenters. The van der Waals surface area contributed by atoms with Crippen LogP contribution in [0, 0.1) is 6.92 Å². The summed E-state index contributed by atoms with van der Waals surface area (Å²) in [5.74, 6) is -1.49.